The number of aliphatic hydroxyl groups is 11. The van der Waals surface area contributed by atoms with Crippen LogP contribution in [0.15, 0.2) is 0 Å². The molecule has 18 nitrogen and oxygen atoms in total. The van der Waals surface area contributed by atoms with Crippen LogP contribution in [0.5, 0.6) is 0 Å². The van der Waals surface area contributed by atoms with E-state index in [4.69, 9.17) is 38.3 Å². The van der Waals surface area contributed by atoms with Crippen LogP contribution in [0.2, 0.25) is 0 Å². The van der Waals surface area contributed by atoms with Crippen molar-refractivity contribution in [3.05, 3.63) is 0 Å². The molecule has 3 fully saturated rings. The summed E-state index contributed by atoms with van der Waals surface area (Å²) in [6, 6.07) is 0. The summed E-state index contributed by atoms with van der Waals surface area (Å²) in [5.74, 6) is 0. The Labute approximate surface area is 228 Å². The second-order valence-electron chi connectivity index (χ2n) is 9.73. The van der Waals surface area contributed by atoms with Gasteiger partial charge in [-0.2, -0.15) is 0 Å². The van der Waals surface area contributed by atoms with E-state index < -0.39 is 131 Å². The van der Waals surface area contributed by atoms with Crippen molar-refractivity contribution in [2.24, 2.45) is 0 Å². The minimum Gasteiger partial charge on any atom is -0.394 e. The van der Waals surface area contributed by atoms with Crippen molar-refractivity contribution < 1.29 is 89.3 Å². The lowest BCUT2D eigenvalue weighted by atomic mass is 9.96. The standard InChI is InChI=1S/C22H40O18/c1-34-19-12(28)9(4-25)38-22(17(19)33)40-18-10(39-21(16(32)14(18)30)35-5-7(26)2-23)6-36-20-15(31)13(29)11(27)8(3-24)37-20/h7-33H,2-6H2,1H3/t7-,8-,9-,10-,11-,12+,13+,14-,15-,16-,17-,18+,19+,20-,21-,22+/m1/s1. The Kier molecular flexibility index (Phi) is 12.8. The zero-order valence-corrected chi connectivity index (χ0v) is 21.6. The van der Waals surface area contributed by atoms with Crippen LogP contribution >= 0.6 is 0 Å². The maximum absolute atomic E-state index is 10.9. The summed E-state index contributed by atoms with van der Waals surface area (Å²) < 4.78 is 38.0. The molecule has 0 bridgehead atoms. The molecule has 0 unspecified atom stereocenters. The van der Waals surface area contributed by atoms with Gasteiger partial charge in [-0.15, -0.1) is 0 Å². The minimum absolute atomic E-state index is 0.507. The van der Waals surface area contributed by atoms with Crippen molar-refractivity contribution >= 4 is 0 Å². The van der Waals surface area contributed by atoms with Crippen molar-refractivity contribution in [2.45, 2.75) is 98.2 Å². The van der Waals surface area contributed by atoms with Crippen molar-refractivity contribution in [3.63, 3.8) is 0 Å². The SMILES string of the molecule is CO[C@H]1[C@@H](O)[C@@H](CO)O[C@@H](O[C@@H]2[C@H](O)[C@@H](O)[C@H](OC[C@H](O)CO)O[C@@H]2CO[C@@H]2O[C@H](CO)[C@@H](O)[C@H](O)[C@H]2O)[C@@H]1O. The highest BCUT2D eigenvalue weighted by atomic mass is 16.8. The van der Waals surface area contributed by atoms with Gasteiger partial charge in [0, 0.05) is 7.11 Å². The van der Waals surface area contributed by atoms with Crippen molar-refractivity contribution in [2.75, 3.05) is 40.1 Å². The first-order valence-corrected chi connectivity index (χ1v) is 12.6. The Morgan fingerprint density at radius 2 is 1.15 bits per heavy atom. The Morgan fingerprint density at radius 3 is 1.75 bits per heavy atom. The van der Waals surface area contributed by atoms with E-state index in [2.05, 4.69) is 0 Å². The van der Waals surface area contributed by atoms with Crippen LogP contribution in [0.3, 0.4) is 0 Å². The molecule has 0 aromatic carbocycles. The van der Waals surface area contributed by atoms with E-state index in [-0.39, 0.29) is 0 Å². The third-order valence-corrected chi connectivity index (χ3v) is 6.96. The van der Waals surface area contributed by atoms with E-state index in [9.17, 15) is 51.1 Å². The normalized spacial score (nSPS) is 47.2. The third-order valence-electron chi connectivity index (χ3n) is 6.96. The summed E-state index contributed by atoms with van der Waals surface area (Å²) in [7, 11) is 1.19. The van der Waals surface area contributed by atoms with Gasteiger partial charge in [0.25, 0.3) is 0 Å². The maximum Gasteiger partial charge on any atom is 0.187 e. The first kappa shape index (κ1) is 33.8. The molecule has 0 radical (unpaired) electrons. The van der Waals surface area contributed by atoms with Crippen LogP contribution in [0.4, 0.5) is 0 Å². The van der Waals surface area contributed by atoms with Crippen LogP contribution in [-0.2, 0) is 33.2 Å². The quantitative estimate of drug-likeness (QED) is 0.100. The number of aliphatic hydroxyl groups excluding tert-OH is 11. The van der Waals surface area contributed by atoms with E-state index in [1.165, 1.54) is 7.11 Å². The molecule has 0 aliphatic carbocycles. The predicted molar refractivity (Wildman–Crippen MR) is 123 cm³/mol. The molecular weight excluding hydrogens is 552 g/mol. The molecule has 236 valence electrons. The summed E-state index contributed by atoms with van der Waals surface area (Å²) in [5, 5.41) is 110. The first-order chi connectivity index (χ1) is 19.0. The van der Waals surface area contributed by atoms with Gasteiger partial charge in [-0.25, -0.2) is 0 Å². The van der Waals surface area contributed by atoms with E-state index >= 15 is 0 Å². The van der Waals surface area contributed by atoms with Gasteiger partial charge >= 0.3 is 0 Å². The number of hydrogen-bond acceptors (Lipinski definition) is 18. The molecule has 0 amide bonds. The minimum atomic E-state index is -1.83. The largest absolute Gasteiger partial charge is 0.394 e. The summed E-state index contributed by atoms with van der Waals surface area (Å²) in [6.07, 6.45) is -24.9. The zero-order valence-electron chi connectivity index (χ0n) is 21.6. The first-order valence-electron chi connectivity index (χ1n) is 12.6. The lowest BCUT2D eigenvalue weighted by Crippen LogP contribution is -2.65. The van der Waals surface area contributed by atoms with Crippen molar-refractivity contribution in [3.8, 4) is 0 Å². The highest BCUT2D eigenvalue weighted by Gasteiger charge is 2.52. The molecule has 0 saturated carbocycles. The summed E-state index contributed by atoms with van der Waals surface area (Å²) in [5.41, 5.74) is 0. The van der Waals surface area contributed by atoms with Crippen molar-refractivity contribution in [1.29, 1.82) is 0 Å². The average molecular weight is 593 g/mol. The molecule has 0 spiro atoms. The molecule has 3 rings (SSSR count). The Hall–Kier alpha value is -0.720. The fourth-order valence-electron chi connectivity index (χ4n) is 4.60. The van der Waals surface area contributed by atoms with Crippen LogP contribution in [0, 0.1) is 0 Å². The topological polar surface area (TPSA) is 287 Å². The van der Waals surface area contributed by atoms with Crippen LogP contribution in [-0.4, -0.2) is 195 Å². The lowest BCUT2D eigenvalue weighted by molar-refractivity contribution is -0.368. The zero-order chi connectivity index (χ0) is 29.7. The predicted octanol–water partition coefficient (Wildman–Crippen LogP) is -7.54. The number of methoxy groups -OCH3 is 1. The molecule has 11 N–H and O–H groups in total. The van der Waals surface area contributed by atoms with Gasteiger partial charge in [0.2, 0.25) is 0 Å². The second kappa shape index (κ2) is 15.1. The number of hydrogen-bond donors (Lipinski definition) is 11. The summed E-state index contributed by atoms with van der Waals surface area (Å²) in [4.78, 5) is 0. The average Bonchev–Trinajstić information content (AvgIpc) is 2.95. The van der Waals surface area contributed by atoms with Crippen LogP contribution in [0.25, 0.3) is 0 Å². The van der Waals surface area contributed by atoms with E-state index in [1.807, 2.05) is 0 Å². The van der Waals surface area contributed by atoms with Gasteiger partial charge in [-0.05, 0) is 0 Å². The van der Waals surface area contributed by atoms with Gasteiger partial charge in [0.05, 0.1) is 33.0 Å². The monoisotopic (exact) mass is 592 g/mol. The summed E-state index contributed by atoms with van der Waals surface area (Å²) in [6.45, 7) is -3.20. The Balaban J connectivity index is 1.79. The molecule has 18 heteroatoms. The summed E-state index contributed by atoms with van der Waals surface area (Å²) >= 11 is 0. The van der Waals surface area contributed by atoms with E-state index in [1.54, 1.807) is 0 Å². The second-order valence-corrected chi connectivity index (χ2v) is 9.73. The Bertz CT molecular complexity index is 747. The van der Waals surface area contributed by atoms with Gasteiger partial charge in [0.1, 0.15) is 79.4 Å². The van der Waals surface area contributed by atoms with Gasteiger partial charge in [0.15, 0.2) is 18.9 Å². The molecule has 40 heavy (non-hydrogen) atoms. The molecule has 3 heterocycles. The molecule has 0 aromatic heterocycles. The van der Waals surface area contributed by atoms with Crippen LogP contribution in [0.1, 0.15) is 0 Å². The van der Waals surface area contributed by atoms with Gasteiger partial charge < -0.3 is 89.3 Å². The van der Waals surface area contributed by atoms with Crippen molar-refractivity contribution in [1.82, 2.24) is 0 Å². The smallest absolute Gasteiger partial charge is 0.187 e. The molecule has 3 aliphatic heterocycles. The van der Waals surface area contributed by atoms with E-state index in [0.717, 1.165) is 0 Å². The van der Waals surface area contributed by atoms with Crippen LogP contribution < -0.4 is 0 Å². The highest BCUT2D eigenvalue weighted by Crippen LogP contribution is 2.31. The Morgan fingerprint density at radius 1 is 0.600 bits per heavy atom. The molecule has 3 saturated heterocycles. The maximum atomic E-state index is 10.9. The van der Waals surface area contributed by atoms with Gasteiger partial charge in [-0.1, -0.05) is 0 Å². The third kappa shape index (κ3) is 7.43. The molecule has 3 aliphatic rings. The lowest BCUT2D eigenvalue weighted by Gasteiger charge is -2.47. The highest BCUT2D eigenvalue weighted by molar-refractivity contribution is 4.95. The van der Waals surface area contributed by atoms with E-state index in [0.29, 0.717) is 0 Å². The molecule has 16 atom stereocenters. The number of ether oxygens (including phenoxy) is 7. The molecule has 0 aromatic rings. The number of rotatable bonds is 12. The molecular formula is C22H40O18. The van der Waals surface area contributed by atoms with Gasteiger partial charge in [-0.3, -0.25) is 0 Å². The fourth-order valence-corrected chi connectivity index (χ4v) is 4.60. The fraction of sp³-hybridized carbons (Fsp3) is 1.00.